The maximum Gasteiger partial charge on any atom is 0.233 e. The number of aryl methyl sites for hydroxylation is 1. The number of hydrogen-bond acceptors (Lipinski definition) is 6. The number of aromatic nitrogens is 3. The van der Waals surface area contributed by atoms with E-state index in [9.17, 15) is 9.59 Å². The Labute approximate surface area is 162 Å². The lowest BCUT2D eigenvalue weighted by molar-refractivity contribution is -0.129. The van der Waals surface area contributed by atoms with Crippen LogP contribution in [0.4, 0.5) is 0 Å². The van der Waals surface area contributed by atoms with Crippen LogP contribution in [-0.4, -0.2) is 69.0 Å². The molecule has 27 heavy (non-hydrogen) atoms. The molecule has 4 fully saturated rings. The van der Waals surface area contributed by atoms with Crippen LogP contribution in [0.25, 0.3) is 0 Å². The molecule has 2 bridgehead atoms. The summed E-state index contributed by atoms with van der Waals surface area (Å²) in [5.41, 5.74) is -0.193. The highest BCUT2D eigenvalue weighted by Gasteiger charge is 2.63. The van der Waals surface area contributed by atoms with Gasteiger partial charge in [-0.15, -0.1) is 5.10 Å². The third-order valence-electron chi connectivity index (χ3n) is 6.50. The molecule has 4 aliphatic rings. The van der Waals surface area contributed by atoms with Gasteiger partial charge in [-0.2, -0.15) is 0 Å². The fourth-order valence-corrected chi connectivity index (χ4v) is 5.71. The fourth-order valence-electron chi connectivity index (χ4n) is 4.97. The van der Waals surface area contributed by atoms with Gasteiger partial charge in [0, 0.05) is 30.8 Å². The van der Waals surface area contributed by atoms with Crippen LogP contribution in [0.3, 0.4) is 0 Å². The first-order valence-electron chi connectivity index (χ1n) is 9.79. The molecule has 0 radical (unpaired) electrons. The Morgan fingerprint density at radius 1 is 1.41 bits per heavy atom. The van der Waals surface area contributed by atoms with Gasteiger partial charge in [0.2, 0.25) is 17.0 Å². The third-order valence-corrected chi connectivity index (χ3v) is 7.33. The summed E-state index contributed by atoms with van der Waals surface area (Å²) in [6.07, 6.45) is 4.33. The number of carbonyl (C=O) groups is 2. The Kier molecular flexibility index (Phi) is 4.19. The van der Waals surface area contributed by atoms with E-state index in [1.54, 1.807) is 0 Å². The largest absolute Gasteiger partial charge is 0.369 e. The highest BCUT2D eigenvalue weighted by molar-refractivity contribution is 7.99. The predicted octanol–water partition coefficient (Wildman–Crippen LogP) is 0.737. The SMILES string of the molecule is Cc1nc(SCC(=O)N2C[C@@H]3[C@H](CNC(=O)C4CC4)[C@H]4CC[C@]3(C2)O4)n[nH]1. The lowest BCUT2D eigenvalue weighted by Crippen LogP contribution is -2.42. The molecule has 9 heteroatoms. The zero-order chi connectivity index (χ0) is 18.6. The lowest BCUT2D eigenvalue weighted by Gasteiger charge is -2.29. The normalized spacial score (nSPS) is 34.1. The first-order valence-corrected chi connectivity index (χ1v) is 10.8. The van der Waals surface area contributed by atoms with Crippen LogP contribution in [0.1, 0.15) is 31.5 Å². The summed E-state index contributed by atoms with van der Waals surface area (Å²) in [5, 5.41) is 10.6. The Morgan fingerprint density at radius 2 is 2.26 bits per heavy atom. The number of amides is 2. The second-order valence-corrected chi connectivity index (χ2v) is 9.26. The van der Waals surface area contributed by atoms with Gasteiger partial charge in [0.15, 0.2) is 0 Å². The van der Waals surface area contributed by atoms with E-state index in [1.807, 2.05) is 11.8 Å². The van der Waals surface area contributed by atoms with E-state index in [-0.39, 0.29) is 29.4 Å². The fraction of sp³-hybridized carbons (Fsp3) is 0.778. The van der Waals surface area contributed by atoms with Crippen molar-refractivity contribution in [3.8, 4) is 0 Å². The average Bonchev–Trinajstić information content (AvgIpc) is 2.99. The Bertz CT molecular complexity index is 766. The second kappa shape index (κ2) is 6.48. The molecule has 5 rings (SSSR count). The van der Waals surface area contributed by atoms with Gasteiger partial charge < -0.3 is 15.0 Å². The summed E-state index contributed by atoms with van der Waals surface area (Å²) in [6, 6.07) is 0. The highest BCUT2D eigenvalue weighted by atomic mass is 32.2. The highest BCUT2D eigenvalue weighted by Crippen LogP contribution is 2.54. The number of rotatable bonds is 6. The molecule has 4 heterocycles. The van der Waals surface area contributed by atoms with Crippen LogP contribution in [0, 0.1) is 24.7 Å². The minimum atomic E-state index is -0.193. The maximum atomic E-state index is 12.7. The van der Waals surface area contributed by atoms with E-state index in [4.69, 9.17) is 4.74 Å². The molecule has 4 atom stereocenters. The van der Waals surface area contributed by atoms with Gasteiger partial charge in [0.05, 0.1) is 24.0 Å². The number of aromatic amines is 1. The number of fused-ring (bicyclic) bond motifs is 1. The van der Waals surface area contributed by atoms with E-state index in [0.717, 1.165) is 38.1 Å². The van der Waals surface area contributed by atoms with E-state index >= 15 is 0 Å². The molecule has 146 valence electrons. The molecule has 1 spiro atoms. The van der Waals surface area contributed by atoms with E-state index in [0.29, 0.717) is 35.8 Å². The molecule has 8 nitrogen and oxygen atoms in total. The van der Waals surface area contributed by atoms with Crippen molar-refractivity contribution in [2.75, 3.05) is 25.4 Å². The summed E-state index contributed by atoms with van der Waals surface area (Å²) in [5.74, 6) is 2.28. The Hall–Kier alpha value is -1.61. The Balaban J connectivity index is 1.19. The van der Waals surface area contributed by atoms with Crippen LogP contribution in [0.15, 0.2) is 5.16 Å². The van der Waals surface area contributed by atoms with E-state index in [1.165, 1.54) is 11.8 Å². The van der Waals surface area contributed by atoms with Crippen molar-refractivity contribution in [2.45, 2.75) is 49.5 Å². The number of ether oxygens (including phenoxy) is 1. The molecule has 0 unspecified atom stereocenters. The van der Waals surface area contributed by atoms with Crippen LogP contribution in [0.2, 0.25) is 0 Å². The smallest absolute Gasteiger partial charge is 0.233 e. The minimum Gasteiger partial charge on any atom is -0.369 e. The topological polar surface area (TPSA) is 100 Å². The number of hydrogen-bond donors (Lipinski definition) is 2. The third kappa shape index (κ3) is 3.14. The van der Waals surface area contributed by atoms with Gasteiger partial charge in [-0.3, -0.25) is 14.7 Å². The summed E-state index contributed by atoms with van der Waals surface area (Å²) >= 11 is 1.36. The number of H-pyrrole nitrogens is 1. The molecule has 1 aromatic heterocycles. The van der Waals surface area contributed by atoms with E-state index in [2.05, 4.69) is 20.5 Å². The van der Waals surface area contributed by atoms with Crippen LogP contribution >= 0.6 is 11.8 Å². The zero-order valence-electron chi connectivity index (χ0n) is 15.4. The number of nitrogens with one attached hydrogen (secondary N) is 2. The monoisotopic (exact) mass is 391 g/mol. The molecule has 2 amide bonds. The lowest BCUT2D eigenvalue weighted by atomic mass is 9.73. The summed E-state index contributed by atoms with van der Waals surface area (Å²) < 4.78 is 6.37. The summed E-state index contributed by atoms with van der Waals surface area (Å²) in [6.45, 7) is 3.93. The van der Waals surface area contributed by atoms with Crippen LogP contribution in [-0.2, 0) is 14.3 Å². The van der Waals surface area contributed by atoms with Gasteiger partial charge in [-0.25, -0.2) is 4.98 Å². The van der Waals surface area contributed by atoms with Crippen molar-refractivity contribution in [1.82, 2.24) is 25.4 Å². The number of thioether (sulfide) groups is 1. The standard InChI is InChI=1S/C18H25N5O3S/c1-10-20-17(22-21-10)27-8-15(24)23-7-13-12(6-19-16(25)11-2-3-11)14-4-5-18(13,9-23)26-14/h11-14H,2-9H2,1H3,(H,19,25)(H,20,21,22)/t12-,13+,14+,18+/m0/s1. The van der Waals surface area contributed by atoms with Crippen molar-refractivity contribution in [3.05, 3.63) is 5.82 Å². The molecule has 1 aliphatic carbocycles. The molecule has 3 saturated heterocycles. The molecule has 2 N–H and O–H groups in total. The quantitative estimate of drug-likeness (QED) is 0.694. The van der Waals surface area contributed by atoms with Crippen molar-refractivity contribution in [1.29, 1.82) is 0 Å². The van der Waals surface area contributed by atoms with Crippen LogP contribution < -0.4 is 5.32 Å². The molecule has 1 saturated carbocycles. The molecule has 3 aliphatic heterocycles. The molecule has 0 aromatic carbocycles. The maximum absolute atomic E-state index is 12.7. The first-order chi connectivity index (χ1) is 13.0. The van der Waals surface area contributed by atoms with Gasteiger partial charge in [0.25, 0.3) is 0 Å². The number of carbonyl (C=O) groups excluding carboxylic acids is 2. The van der Waals surface area contributed by atoms with Crippen molar-refractivity contribution in [2.24, 2.45) is 17.8 Å². The van der Waals surface area contributed by atoms with Gasteiger partial charge in [-0.1, -0.05) is 11.8 Å². The molecule has 1 aromatic rings. The molecular formula is C18H25N5O3S. The minimum absolute atomic E-state index is 0.110. The number of likely N-dealkylation sites (tertiary alicyclic amines) is 1. The summed E-state index contributed by atoms with van der Waals surface area (Å²) in [7, 11) is 0. The van der Waals surface area contributed by atoms with E-state index < -0.39 is 0 Å². The van der Waals surface area contributed by atoms with Crippen molar-refractivity contribution >= 4 is 23.6 Å². The van der Waals surface area contributed by atoms with Gasteiger partial charge in [0.1, 0.15) is 5.82 Å². The zero-order valence-corrected chi connectivity index (χ0v) is 16.3. The van der Waals surface area contributed by atoms with Crippen LogP contribution in [0.5, 0.6) is 0 Å². The average molecular weight is 391 g/mol. The van der Waals surface area contributed by atoms with Gasteiger partial charge in [-0.05, 0) is 32.6 Å². The summed E-state index contributed by atoms with van der Waals surface area (Å²) in [4.78, 5) is 30.9. The van der Waals surface area contributed by atoms with Gasteiger partial charge >= 0.3 is 0 Å². The second-order valence-electron chi connectivity index (χ2n) is 8.32. The molecular weight excluding hydrogens is 366 g/mol. The Morgan fingerprint density at radius 3 is 3.00 bits per heavy atom. The van der Waals surface area contributed by atoms with Crippen molar-refractivity contribution < 1.29 is 14.3 Å². The first kappa shape index (κ1) is 17.5. The van der Waals surface area contributed by atoms with Crippen molar-refractivity contribution in [3.63, 3.8) is 0 Å². The number of nitrogens with zero attached hydrogens (tertiary/aromatic N) is 3. The predicted molar refractivity (Wildman–Crippen MR) is 98.0 cm³/mol.